The maximum absolute atomic E-state index is 13.1. The monoisotopic (exact) mass is 218 g/mol. The lowest BCUT2D eigenvalue weighted by Gasteiger charge is -2.04. The Hall–Kier alpha value is -0.250. The normalized spacial score (nSPS) is 10.4. The molecule has 4 heteroatoms. The number of nitrogens with one attached hydrogen (secondary N) is 1. The van der Waals surface area contributed by atoms with Crippen LogP contribution in [0.2, 0.25) is 5.02 Å². The van der Waals surface area contributed by atoms with Crippen LogP contribution >= 0.6 is 23.4 Å². The van der Waals surface area contributed by atoms with Gasteiger partial charge in [0.15, 0.2) is 0 Å². The van der Waals surface area contributed by atoms with E-state index in [-0.39, 0.29) is 5.82 Å². The summed E-state index contributed by atoms with van der Waals surface area (Å²) in [5.41, 5.74) is 7.47. The van der Waals surface area contributed by atoms with Crippen LogP contribution in [-0.4, -0.2) is 12.3 Å². The zero-order valence-electron chi connectivity index (χ0n) is 7.02. The predicted molar refractivity (Wildman–Crippen MR) is 55.5 cm³/mol. The van der Waals surface area contributed by atoms with Crippen LogP contribution in [0.4, 0.5) is 4.39 Å². The number of hydrogen-bond acceptors (Lipinski definition) is 1. The Bertz CT molecular complexity index is 260. The van der Waals surface area contributed by atoms with Gasteiger partial charge >= 0.3 is 0 Å². The molecule has 0 unspecified atom stereocenters. The van der Waals surface area contributed by atoms with E-state index in [1.54, 1.807) is 12.1 Å². The standard InChI is InChI=1S/C9H10ClFNS/c10-8-2-1-3-9(11)7(8)6-13-5-4-12/h1-3,12H,4-6H2. The third-order valence-corrected chi connectivity index (χ3v) is 2.89. The molecule has 0 aliphatic rings. The molecule has 1 aromatic rings. The first-order valence-corrected chi connectivity index (χ1v) is 5.44. The first-order valence-electron chi connectivity index (χ1n) is 3.91. The van der Waals surface area contributed by atoms with Crippen LogP contribution in [0.1, 0.15) is 5.56 Å². The van der Waals surface area contributed by atoms with Crippen molar-refractivity contribution in [3.8, 4) is 0 Å². The molecule has 71 valence electrons. The lowest BCUT2D eigenvalue weighted by molar-refractivity contribution is 0.617. The van der Waals surface area contributed by atoms with E-state index in [2.05, 4.69) is 0 Å². The van der Waals surface area contributed by atoms with Gasteiger partial charge in [0.05, 0.1) is 0 Å². The lowest BCUT2D eigenvalue weighted by atomic mass is 10.2. The number of thioether (sulfide) groups is 1. The number of halogens is 2. The van der Waals surface area contributed by atoms with Gasteiger partial charge in [-0.25, -0.2) is 4.39 Å². The fourth-order valence-electron chi connectivity index (χ4n) is 0.917. The van der Waals surface area contributed by atoms with E-state index in [1.807, 2.05) is 0 Å². The fourth-order valence-corrected chi connectivity index (χ4v) is 2.01. The molecular formula is C9H10ClFNS. The predicted octanol–water partition coefficient (Wildman–Crippen LogP) is 3.00. The minimum absolute atomic E-state index is 0.259. The molecule has 1 rings (SSSR count). The van der Waals surface area contributed by atoms with Crippen molar-refractivity contribution in [3.05, 3.63) is 34.6 Å². The number of benzene rings is 1. The Balaban J connectivity index is 2.64. The highest BCUT2D eigenvalue weighted by Gasteiger charge is 2.05. The molecule has 0 bridgehead atoms. The largest absolute Gasteiger partial charge is 0.257 e. The van der Waals surface area contributed by atoms with Gasteiger partial charge in [-0.2, -0.15) is 11.8 Å². The molecule has 0 spiro atoms. The van der Waals surface area contributed by atoms with Gasteiger partial charge in [-0.05, 0) is 12.1 Å². The molecule has 1 nitrogen and oxygen atoms in total. The van der Waals surface area contributed by atoms with Gasteiger partial charge in [-0.1, -0.05) is 17.7 Å². The van der Waals surface area contributed by atoms with Crippen LogP contribution in [0.5, 0.6) is 0 Å². The fraction of sp³-hybridized carbons (Fsp3) is 0.333. The molecule has 0 amide bonds. The average molecular weight is 219 g/mol. The molecule has 1 aromatic carbocycles. The van der Waals surface area contributed by atoms with Gasteiger partial charge < -0.3 is 0 Å². The van der Waals surface area contributed by atoms with Gasteiger partial charge in [0.2, 0.25) is 0 Å². The molecule has 0 atom stereocenters. The first-order chi connectivity index (χ1) is 6.25. The maximum atomic E-state index is 13.1. The lowest BCUT2D eigenvalue weighted by Crippen LogP contribution is -1.93. The van der Waals surface area contributed by atoms with Crippen LogP contribution in [-0.2, 0) is 5.75 Å². The second-order valence-electron chi connectivity index (χ2n) is 2.50. The van der Waals surface area contributed by atoms with Gasteiger partial charge in [0.1, 0.15) is 5.82 Å². The van der Waals surface area contributed by atoms with E-state index < -0.39 is 0 Å². The van der Waals surface area contributed by atoms with Gasteiger partial charge in [-0.3, -0.25) is 5.73 Å². The van der Waals surface area contributed by atoms with Crippen molar-refractivity contribution in [2.45, 2.75) is 5.75 Å². The molecule has 0 aliphatic carbocycles. The Kier molecular flexibility index (Phi) is 4.56. The zero-order chi connectivity index (χ0) is 9.68. The van der Waals surface area contributed by atoms with Crippen molar-refractivity contribution in [1.82, 2.24) is 5.73 Å². The Morgan fingerprint density at radius 1 is 1.46 bits per heavy atom. The summed E-state index contributed by atoms with van der Waals surface area (Å²) in [6, 6.07) is 4.68. The van der Waals surface area contributed by atoms with Crippen LogP contribution in [0.15, 0.2) is 18.2 Å². The van der Waals surface area contributed by atoms with Gasteiger partial charge in [0, 0.05) is 28.6 Å². The van der Waals surface area contributed by atoms with Crippen LogP contribution in [0, 0.1) is 5.82 Å². The zero-order valence-corrected chi connectivity index (χ0v) is 8.59. The Labute approximate surface area is 86.5 Å². The minimum atomic E-state index is -0.259. The SMILES string of the molecule is [NH]CCSCc1c(F)cccc1Cl. The highest BCUT2D eigenvalue weighted by molar-refractivity contribution is 7.98. The van der Waals surface area contributed by atoms with Crippen molar-refractivity contribution < 1.29 is 4.39 Å². The Morgan fingerprint density at radius 2 is 2.23 bits per heavy atom. The number of hydrogen-bond donors (Lipinski definition) is 0. The molecule has 0 fully saturated rings. The van der Waals surface area contributed by atoms with Crippen LogP contribution < -0.4 is 5.73 Å². The third-order valence-electron chi connectivity index (χ3n) is 1.55. The van der Waals surface area contributed by atoms with Crippen molar-refractivity contribution >= 4 is 23.4 Å². The number of rotatable bonds is 4. The molecule has 1 radical (unpaired) electrons. The van der Waals surface area contributed by atoms with Crippen molar-refractivity contribution in [2.24, 2.45) is 0 Å². The summed E-state index contributed by atoms with van der Waals surface area (Å²) in [6.07, 6.45) is 0. The summed E-state index contributed by atoms with van der Waals surface area (Å²) >= 11 is 7.33. The quantitative estimate of drug-likeness (QED) is 0.713. The first kappa shape index (κ1) is 10.8. The molecule has 0 aliphatic heterocycles. The van der Waals surface area contributed by atoms with Crippen molar-refractivity contribution in [2.75, 3.05) is 12.3 Å². The summed E-state index contributed by atoms with van der Waals surface area (Å²) < 4.78 is 13.1. The highest BCUT2D eigenvalue weighted by Crippen LogP contribution is 2.23. The van der Waals surface area contributed by atoms with E-state index in [4.69, 9.17) is 17.3 Å². The van der Waals surface area contributed by atoms with Crippen LogP contribution in [0.25, 0.3) is 0 Å². The maximum Gasteiger partial charge on any atom is 0.128 e. The van der Waals surface area contributed by atoms with Crippen LogP contribution in [0.3, 0.4) is 0 Å². The summed E-state index contributed by atoms with van der Waals surface area (Å²) in [5.74, 6) is 1.000. The molecule has 0 saturated heterocycles. The van der Waals surface area contributed by atoms with E-state index >= 15 is 0 Å². The van der Waals surface area contributed by atoms with Crippen molar-refractivity contribution in [1.29, 1.82) is 0 Å². The topological polar surface area (TPSA) is 23.8 Å². The molecular weight excluding hydrogens is 209 g/mol. The second kappa shape index (κ2) is 5.47. The van der Waals surface area contributed by atoms with Crippen molar-refractivity contribution in [3.63, 3.8) is 0 Å². The Morgan fingerprint density at radius 3 is 2.85 bits per heavy atom. The summed E-state index contributed by atoms with van der Waals surface area (Å²) in [4.78, 5) is 0. The van der Waals surface area contributed by atoms with Gasteiger partial charge in [0.25, 0.3) is 0 Å². The smallest absolute Gasteiger partial charge is 0.128 e. The highest BCUT2D eigenvalue weighted by atomic mass is 35.5. The summed E-state index contributed by atoms with van der Waals surface area (Å²) in [5, 5.41) is 0.470. The summed E-state index contributed by atoms with van der Waals surface area (Å²) in [7, 11) is 0. The molecule has 0 heterocycles. The molecule has 0 aromatic heterocycles. The van der Waals surface area contributed by atoms with E-state index in [0.717, 1.165) is 0 Å². The molecule has 1 N–H and O–H groups in total. The van der Waals surface area contributed by atoms with Gasteiger partial charge in [-0.15, -0.1) is 0 Å². The minimum Gasteiger partial charge on any atom is -0.257 e. The third kappa shape index (κ3) is 3.18. The molecule has 13 heavy (non-hydrogen) atoms. The molecule has 0 saturated carbocycles. The van der Waals surface area contributed by atoms with E-state index in [1.165, 1.54) is 17.8 Å². The van der Waals surface area contributed by atoms with E-state index in [9.17, 15) is 4.39 Å². The summed E-state index contributed by atoms with van der Waals surface area (Å²) in [6.45, 7) is 0.358. The average Bonchev–Trinajstić information content (AvgIpc) is 2.10. The second-order valence-corrected chi connectivity index (χ2v) is 4.02. The van der Waals surface area contributed by atoms with E-state index in [0.29, 0.717) is 28.6 Å².